The van der Waals surface area contributed by atoms with Crippen LogP contribution in [0.3, 0.4) is 0 Å². The minimum atomic E-state index is -1.00. The zero-order valence-electron chi connectivity index (χ0n) is 17.5. The Kier molecular flexibility index (Phi) is 7.37. The van der Waals surface area contributed by atoms with Gasteiger partial charge in [0.05, 0.1) is 0 Å². The second-order valence-electron chi connectivity index (χ2n) is 6.68. The maximum absolute atomic E-state index is 13.7. The van der Waals surface area contributed by atoms with E-state index in [0.29, 0.717) is 35.4 Å². The summed E-state index contributed by atoms with van der Waals surface area (Å²) in [7, 11) is 1.66. The molecule has 0 atom stereocenters. The first-order valence-corrected chi connectivity index (χ1v) is 10.8. The molecule has 4 rings (SSSR count). The molecule has 0 aliphatic rings. The number of aromatic amines is 1. The maximum Gasteiger partial charge on any atom is 0.206 e. The van der Waals surface area contributed by atoms with Gasteiger partial charge in [-0.25, -0.2) is 18.7 Å². The fourth-order valence-electron chi connectivity index (χ4n) is 2.74. The molecule has 3 aromatic heterocycles. The summed E-state index contributed by atoms with van der Waals surface area (Å²) in [6.07, 6.45) is 4.16. The summed E-state index contributed by atoms with van der Waals surface area (Å²) < 4.78 is 37.9. The monoisotopic (exact) mass is 471 g/mol. The van der Waals surface area contributed by atoms with Crippen LogP contribution < -0.4 is 10.1 Å². The number of H-pyrrole nitrogens is 1. The van der Waals surface area contributed by atoms with Gasteiger partial charge in [0, 0.05) is 48.4 Å². The lowest BCUT2D eigenvalue weighted by atomic mass is 10.2. The van der Waals surface area contributed by atoms with Crippen LogP contribution in [-0.4, -0.2) is 50.1 Å². The van der Waals surface area contributed by atoms with Crippen LogP contribution in [0.1, 0.15) is 6.42 Å². The zero-order valence-corrected chi connectivity index (χ0v) is 18.3. The molecule has 0 fully saturated rings. The van der Waals surface area contributed by atoms with Crippen LogP contribution >= 0.6 is 11.8 Å². The first-order chi connectivity index (χ1) is 16.1. The van der Waals surface area contributed by atoms with E-state index in [1.54, 1.807) is 49.5 Å². The van der Waals surface area contributed by atoms with Gasteiger partial charge in [0.2, 0.25) is 5.82 Å². The Morgan fingerprint density at radius 3 is 2.70 bits per heavy atom. The number of hydrogen-bond donors (Lipinski definition) is 2. The van der Waals surface area contributed by atoms with Crippen molar-refractivity contribution in [3.63, 3.8) is 0 Å². The van der Waals surface area contributed by atoms with Gasteiger partial charge in [0.25, 0.3) is 0 Å². The number of benzene rings is 1. The summed E-state index contributed by atoms with van der Waals surface area (Å²) in [6.45, 7) is 0.657. The number of methoxy groups -OCH3 is 1. The number of ether oxygens (including phenoxy) is 2. The number of hydrogen-bond acceptors (Lipinski definition) is 9. The average Bonchev–Trinajstić information content (AvgIpc) is 3.36. The Bertz CT molecular complexity index is 1190. The van der Waals surface area contributed by atoms with E-state index in [-0.39, 0.29) is 5.75 Å². The highest BCUT2D eigenvalue weighted by molar-refractivity contribution is 7.99. The van der Waals surface area contributed by atoms with E-state index >= 15 is 0 Å². The number of nitrogens with zero attached hydrogens (tertiary/aromatic N) is 5. The number of pyridine rings is 2. The fraction of sp³-hybridized carbons (Fsp3) is 0.190. The predicted octanol–water partition coefficient (Wildman–Crippen LogP) is 4.60. The van der Waals surface area contributed by atoms with E-state index in [1.807, 2.05) is 0 Å². The normalized spacial score (nSPS) is 10.9. The predicted molar refractivity (Wildman–Crippen MR) is 119 cm³/mol. The van der Waals surface area contributed by atoms with E-state index in [9.17, 15) is 8.78 Å². The molecule has 0 unspecified atom stereocenters. The molecule has 33 heavy (non-hydrogen) atoms. The summed E-state index contributed by atoms with van der Waals surface area (Å²) in [4.78, 5) is 9.64. The lowest BCUT2D eigenvalue weighted by molar-refractivity contribution is 0.200. The fourth-order valence-corrected chi connectivity index (χ4v) is 3.56. The summed E-state index contributed by atoms with van der Waals surface area (Å²) in [5.41, 5.74) is 0.684. The molecular weight excluding hydrogens is 452 g/mol. The molecule has 1 aromatic carbocycles. The Morgan fingerprint density at radius 1 is 1.06 bits per heavy atom. The van der Waals surface area contributed by atoms with Gasteiger partial charge >= 0.3 is 0 Å². The van der Waals surface area contributed by atoms with E-state index < -0.39 is 11.6 Å². The van der Waals surface area contributed by atoms with Gasteiger partial charge in [0.15, 0.2) is 23.2 Å². The summed E-state index contributed by atoms with van der Waals surface area (Å²) in [5.74, 6) is 0.621. The third-order valence-electron chi connectivity index (χ3n) is 4.32. The highest BCUT2D eigenvalue weighted by atomic mass is 32.2. The molecule has 0 aliphatic heterocycles. The van der Waals surface area contributed by atoms with Crippen molar-refractivity contribution in [3.05, 3.63) is 60.4 Å². The lowest BCUT2D eigenvalue weighted by Crippen LogP contribution is -2.00. The minimum absolute atomic E-state index is 0.140. The van der Waals surface area contributed by atoms with Crippen molar-refractivity contribution in [1.29, 1.82) is 0 Å². The molecule has 12 heteroatoms. The van der Waals surface area contributed by atoms with E-state index in [1.165, 1.54) is 6.07 Å². The number of tetrazole rings is 1. The van der Waals surface area contributed by atoms with Gasteiger partial charge in [-0.1, -0.05) is 0 Å². The molecule has 4 aromatic rings. The second-order valence-corrected chi connectivity index (χ2v) is 7.85. The SMILES string of the molecule is COCCCSc1cnc(Nc2ccc(-c3nn[nH]n3)cn2)c(Oc2ccc(F)c(F)c2)c1. The molecule has 2 N–H and O–H groups in total. The smallest absolute Gasteiger partial charge is 0.206 e. The first kappa shape index (κ1) is 22.6. The molecular formula is C21H19F2N7O2S. The van der Waals surface area contributed by atoms with Crippen molar-refractivity contribution < 1.29 is 18.3 Å². The van der Waals surface area contributed by atoms with E-state index in [2.05, 4.69) is 35.9 Å². The van der Waals surface area contributed by atoms with Crippen LogP contribution in [0.2, 0.25) is 0 Å². The molecule has 3 heterocycles. The van der Waals surface area contributed by atoms with Crippen LogP contribution in [0.5, 0.6) is 11.5 Å². The van der Waals surface area contributed by atoms with Crippen molar-refractivity contribution in [2.45, 2.75) is 11.3 Å². The van der Waals surface area contributed by atoms with Crippen molar-refractivity contribution in [2.24, 2.45) is 0 Å². The molecule has 0 bridgehead atoms. The molecule has 0 saturated carbocycles. The van der Waals surface area contributed by atoms with Crippen molar-refractivity contribution in [2.75, 3.05) is 24.8 Å². The van der Waals surface area contributed by atoms with E-state index in [4.69, 9.17) is 9.47 Å². The number of aromatic nitrogens is 6. The van der Waals surface area contributed by atoms with Gasteiger partial charge in [-0.15, -0.1) is 22.0 Å². The number of nitrogens with one attached hydrogen (secondary N) is 2. The second kappa shape index (κ2) is 10.8. The molecule has 0 radical (unpaired) electrons. The number of thioether (sulfide) groups is 1. The molecule has 0 saturated heterocycles. The standard InChI is InChI=1S/C21H19F2N7O2S/c1-31-7-2-8-33-15-10-18(32-14-4-5-16(22)17(23)9-14)21(25-12-15)26-19-6-3-13(11-24-19)20-27-29-30-28-20/h3-6,9-12H,2,7-8H2,1H3,(H,24,25,26)(H,27,28,29,30). The van der Waals surface area contributed by atoms with Gasteiger partial charge in [-0.05, 0) is 42.0 Å². The largest absolute Gasteiger partial charge is 0.453 e. The Morgan fingerprint density at radius 2 is 1.97 bits per heavy atom. The minimum Gasteiger partial charge on any atom is -0.453 e. The van der Waals surface area contributed by atoms with Crippen molar-refractivity contribution in [1.82, 2.24) is 30.6 Å². The highest BCUT2D eigenvalue weighted by Gasteiger charge is 2.13. The molecule has 0 aliphatic carbocycles. The zero-order chi connectivity index (χ0) is 23.0. The van der Waals surface area contributed by atoms with Crippen LogP contribution in [0, 0.1) is 11.6 Å². The van der Waals surface area contributed by atoms with Crippen LogP contribution in [-0.2, 0) is 4.74 Å². The lowest BCUT2D eigenvalue weighted by Gasteiger charge is -2.13. The summed E-state index contributed by atoms with van der Waals surface area (Å²) in [6, 6.07) is 8.61. The van der Waals surface area contributed by atoms with Crippen LogP contribution in [0.15, 0.2) is 53.7 Å². The Labute approximate surface area is 192 Å². The van der Waals surface area contributed by atoms with Crippen LogP contribution in [0.4, 0.5) is 20.4 Å². The van der Waals surface area contributed by atoms with Crippen molar-refractivity contribution in [3.8, 4) is 22.9 Å². The molecule has 0 spiro atoms. The third kappa shape index (κ3) is 5.99. The van der Waals surface area contributed by atoms with Gasteiger partial charge in [-0.3, -0.25) is 0 Å². The average molecular weight is 471 g/mol. The number of rotatable bonds is 10. The van der Waals surface area contributed by atoms with Crippen molar-refractivity contribution >= 4 is 23.4 Å². The Hall–Kier alpha value is -3.64. The molecule has 0 amide bonds. The summed E-state index contributed by atoms with van der Waals surface area (Å²) in [5, 5.41) is 16.8. The van der Waals surface area contributed by atoms with Gasteiger partial charge in [0.1, 0.15) is 11.6 Å². The quantitative estimate of drug-likeness (QED) is 0.253. The van der Waals surface area contributed by atoms with Gasteiger partial charge < -0.3 is 14.8 Å². The Balaban J connectivity index is 1.56. The maximum atomic E-state index is 13.7. The summed E-state index contributed by atoms with van der Waals surface area (Å²) >= 11 is 1.58. The third-order valence-corrected chi connectivity index (χ3v) is 5.37. The van der Waals surface area contributed by atoms with Crippen LogP contribution in [0.25, 0.3) is 11.4 Å². The highest BCUT2D eigenvalue weighted by Crippen LogP contribution is 2.34. The van der Waals surface area contributed by atoms with E-state index in [0.717, 1.165) is 29.2 Å². The molecule has 170 valence electrons. The molecule has 9 nitrogen and oxygen atoms in total. The topological polar surface area (TPSA) is 111 Å². The number of halogens is 2. The van der Waals surface area contributed by atoms with Gasteiger partial charge in [-0.2, -0.15) is 5.21 Å². The first-order valence-electron chi connectivity index (χ1n) is 9.84. The number of anilines is 2.